The molecule has 5 aromatic rings. The Balaban J connectivity index is 1.32. The molecule has 1 N–H and O–H groups in total. The molecule has 1 unspecified atom stereocenters. The van der Waals surface area contributed by atoms with E-state index in [9.17, 15) is 5.11 Å². The van der Waals surface area contributed by atoms with E-state index >= 15 is 0 Å². The molecule has 0 aliphatic carbocycles. The van der Waals surface area contributed by atoms with Gasteiger partial charge in [0.15, 0.2) is 0 Å². The van der Waals surface area contributed by atoms with Crippen molar-refractivity contribution in [2.45, 2.75) is 82.3 Å². The zero-order chi connectivity index (χ0) is 36.7. The van der Waals surface area contributed by atoms with E-state index < -0.39 is 35.8 Å². The molecule has 53 heavy (non-hydrogen) atoms. The summed E-state index contributed by atoms with van der Waals surface area (Å²) < 4.78 is 40.5. The minimum atomic E-state index is -1.46. The van der Waals surface area contributed by atoms with Crippen molar-refractivity contribution < 1.29 is 33.5 Å². The number of hydrogen-bond donors (Lipinski definition) is 1. The Morgan fingerprint density at radius 2 is 1.26 bits per heavy atom. The Bertz CT molecular complexity index is 1890. The average molecular weight is 735 g/mol. The van der Waals surface area contributed by atoms with Gasteiger partial charge in [-0.15, -0.1) is 0 Å². The SMILES string of the molecule is CCOc1ccc(Cc2cc([C@]34OC[C@@](C(O)CC)(O3)[C@@H](OCc3ccccc3)[C@H](OCc3ccccc3)[C@H]4OCc3ccccc3)ccc2Cl)cc1. The van der Waals surface area contributed by atoms with Crippen LogP contribution >= 0.6 is 11.6 Å². The second-order valence-electron chi connectivity index (χ2n) is 13.7. The van der Waals surface area contributed by atoms with Crippen LogP contribution in [0.2, 0.25) is 5.02 Å². The Morgan fingerprint density at radius 1 is 0.698 bits per heavy atom. The lowest BCUT2D eigenvalue weighted by molar-refractivity contribution is -0.360. The Kier molecular flexibility index (Phi) is 11.9. The molecule has 0 amide bonds. The van der Waals surface area contributed by atoms with Crippen LogP contribution in [-0.4, -0.2) is 48.3 Å². The van der Waals surface area contributed by atoms with E-state index in [0.29, 0.717) is 31.1 Å². The first-order chi connectivity index (χ1) is 25.9. The molecule has 8 heteroatoms. The summed E-state index contributed by atoms with van der Waals surface area (Å²) in [5, 5.41) is 12.5. The highest BCUT2D eigenvalue weighted by atomic mass is 35.5. The van der Waals surface area contributed by atoms with Gasteiger partial charge in [0.25, 0.3) is 0 Å². The number of ether oxygens (including phenoxy) is 6. The van der Waals surface area contributed by atoms with Crippen molar-refractivity contribution in [2.24, 2.45) is 0 Å². The van der Waals surface area contributed by atoms with Crippen molar-refractivity contribution in [3.63, 3.8) is 0 Å². The average Bonchev–Trinajstić information content (AvgIpc) is 3.57. The molecule has 2 bridgehead atoms. The fraction of sp³-hybridized carbons (Fsp3) is 0.333. The summed E-state index contributed by atoms with van der Waals surface area (Å²) in [6.45, 7) is 5.42. The molecule has 0 saturated carbocycles. The fourth-order valence-electron chi connectivity index (χ4n) is 7.42. The maximum Gasteiger partial charge on any atom is 0.225 e. The van der Waals surface area contributed by atoms with Gasteiger partial charge in [-0.05, 0) is 71.8 Å². The zero-order valence-corrected chi connectivity index (χ0v) is 31.0. The van der Waals surface area contributed by atoms with Crippen molar-refractivity contribution in [3.05, 3.63) is 172 Å². The molecular weight excluding hydrogens is 688 g/mol. The first kappa shape index (κ1) is 37.3. The van der Waals surface area contributed by atoms with Crippen molar-refractivity contribution in [1.29, 1.82) is 0 Å². The van der Waals surface area contributed by atoms with Gasteiger partial charge in [-0.25, -0.2) is 0 Å². The smallest absolute Gasteiger partial charge is 0.225 e. The number of aliphatic hydroxyl groups excluding tert-OH is 1. The maximum atomic E-state index is 11.9. The molecule has 0 radical (unpaired) electrons. The first-order valence-corrected chi connectivity index (χ1v) is 18.8. The van der Waals surface area contributed by atoms with Gasteiger partial charge in [0.05, 0.1) is 39.1 Å². The Morgan fingerprint density at radius 3 is 1.83 bits per heavy atom. The van der Waals surface area contributed by atoms with Crippen LogP contribution in [0.3, 0.4) is 0 Å². The maximum absolute atomic E-state index is 11.9. The summed E-state index contributed by atoms with van der Waals surface area (Å²) in [5.41, 5.74) is 4.40. The number of benzene rings is 5. The third-order valence-electron chi connectivity index (χ3n) is 10.2. The lowest BCUT2D eigenvalue weighted by Crippen LogP contribution is -2.69. The molecule has 2 heterocycles. The van der Waals surface area contributed by atoms with Gasteiger partial charge in [-0.2, -0.15) is 0 Å². The second-order valence-corrected chi connectivity index (χ2v) is 14.1. The standard InChI is InChI=1S/C45H47ClO7/c1-3-40(47)44-31-52-45(53-44,37-22-25-39(46)36(27-37)26-32-20-23-38(24-21-32)48-4-2)43(51-30-35-18-12-7-13-19-35)41(49-28-33-14-8-5-9-15-33)42(44)50-29-34-16-10-6-11-17-34/h5-25,27,40-43,47H,3-4,26,28-31H2,1-2H3/t40?,41-,42-,43+,44-,45-/m0/s1. The molecule has 2 aliphatic rings. The topological polar surface area (TPSA) is 75.6 Å². The van der Waals surface area contributed by atoms with E-state index in [1.165, 1.54) is 0 Å². The summed E-state index contributed by atoms with van der Waals surface area (Å²) >= 11 is 6.89. The van der Waals surface area contributed by atoms with Crippen LogP contribution in [-0.2, 0) is 55.7 Å². The number of halogens is 1. The van der Waals surface area contributed by atoms with Gasteiger partial charge in [-0.1, -0.05) is 128 Å². The van der Waals surface area contributed by atoms with Crippen LogP contribution in [0, 0.1) is 0 Å². The van der Waals surface area contributed by atoms with E-state index in [4.69, 9.17) is 40.0 Å². The van der Waals surface area contributed by atoms with Gasteiger partial charge in [0.1, 0.15) is 29.7 Å². The van der Waals surface area contributed by atoms with Gasteiger partial charge in [-0.3, -0.25) is 0 Å². The number of hydrogen-bond acceptors (Lipinski definition) is 7. The van der Waals surface area contributed by atoms with Crippen LogP contribution in [0.1, 0.15) is 53.6 Å². The highest BCUT2D eigenvalue weighted by Crippen LogP contribution is 2.54. The summed E-state index contributed by atoms with van der Waals surface area (Å²) in [4.78, 5) is 0. The molecule has 0 spiro atoms. The highest BCUT2D eigenvalue weighted by molar-refractivity contribution is 6.31. The van der Waals surface area contributed by atoms with Crippen LogP contribution in [0.5, 0.6) is 5.75 Å². The normalized spacial score (nSPS) is 24.2. The molecule has 2 fully saturated rings. The minimum absolute atomic E-state index is 0.0642. The molecule has 2 saturated heterocycles. The van der Waals surface area contributed by atoms with Crippen LogP contribution in [0.15, 0.2) is 133 Å². The number of fused-ring (bicyclic) bond motifs is 2. The highest BCUT2D eigenvalue weighted by Gasteiger charge is 2.71. The largest absolute Gasteiger partial charge is 0.494 e. The van der Waals surface area contributed by atoms with Crippen molar-refractivity contribution in [2.75, 3.05) is 13.2 Å². The summed E-state index contributed by atoms with van der Waals surface area (Å²) in [6, 6.07) is 43.9. The molecule has 0 aromatic heterocycles. The number of aliphatic hydroxyl groups is 1. The first-order valence-electron chi connectivity index (χ1n) is 18.4. The van der Waals surface area contributed by atoms with Crippen molar-refractivity contribution in [1.82, 2.24) is 0 Å². The van der Waals surface area contributed by atoms with Gasteiger partial charge in [0.2, 0.25) is 5.79 Å². The van der Waals surface area contributed by atoms with Gasteiger partial charge < -0.3 is 33.5 Å². The minimum Gasteiger partial charge on any atom is -0.494 e. The van der Waals surface area contributed by atoms with Gasteiger partial charge in [0, 0.05) is 10.6 Å². The lowest BCUT2D eigenvalue weighted by atomic mass is 9.79. The molecular formula is C45H47ClO7. The lowest BCUT2D eigenvalue weighted by Gasteiger charge is -2.52. The monoisotopic (exact) mass is 734 g/mol. The predicted molar refractivity (Wildman–Crippen MR) is 205 cm³/mol. The third kappa shape index (κ3) is 8.08. The zero-order valence-electron chi connectivity index (χ0n) is 30.2. The summed E-state index contributed by atoms with van der Waals surface area (Å²) in [7, 11) is 0. The van der Waals surface area contributed by atoms with E-state index in [-0.39, 0.29) is 19.8 Å². The molecule has 7 rings (SSSR count). The fourth-order valence-corrected chi connectivity index (χ4v) is 7.60. The summed E-state index contributed by atoms with van der Waals surface area (Å²) in [5.74, 6) is -0.642. The van der Waals surface area contributed by atoms with Crippen LogP contribution < -0.4 is 4.74 Å². The van der Waals surface area contributed by atoms with Crippen LogP contribution in [0.4, 0.5) is 0 Å². The van der Waals surface area contributed by atoms with E-state index in [1.54, 1.807) is 0 Å². The second kappa shape index (κ2) is 17.0. The van der Waals surface area contributed by atoms with E-state index in [1.807, 2.05) is 147 Å². The Labute approximate surface area is 317 Å². The summed E-state index contributed by atoms with van der Waals surface area (Å²) in [6.07, 6.45) is -2.23. The molecule has 7 nitrogen and oxygen atoms in total. The predicted octanol–water partition coefficient (Wildman–Crippen LogP) is 8.81. The quantitative estimate of drug-likeness (QED) is 0.109. The molecule has 5 aromatic carbocycles. The third-order valence-corrected chi connectivity index (χ3v) is 10.5. The van der Waals surface area contributed by atoms with Crippen molar-refractivity contribution >= 4 is 11.6 Å². The molecule has 2 aliphatic heterocycles. The van der Waals surface area contributed by atoms with Gasteiger partial charge >= 0.3 is 0 Å². The Hall–Kier alpha value is -4.05. The van der Waals surface area contributed by atoms with E-state index in [2.05, 4.69) is 0 Å². The molecule has 276 valence electrons. The number of rotatable bonds is 16. The van der Waals surface area contributed by atoms with Crippen molar-refractivity contribution in [3.8, 4) is 5.75 Å². The molecule has 6 atom stereocenters. The van der Waals surface area contributed by atoms with Crippen LogP contribution in [0.25, 0.3) is 0 Å². The van der Waals surface area contributed by atoms with E-state index in [0.717, 1.165) is 39.1 Å².